The lowest BCUT2D eigenvalue weighted by molar-refractivity contribution is 0.971. The van der Waals surface area contributed by atoms with E-state index in [1.54, 1.807) is 12.4 Å². The quantitative estimate of drug-likeness (QED) is 0.614. The van der Waals surface area contributed by atoms with Gasteiger partial charge < -0.3 is 0 Å². The number of aromatic nitrogens is 4. The van der Waals surface area contributed by atoms with Crippen molar-refractivity contribution in [1.82, 2.24) is 20.2 Å². The van der Waals surface area contributed by atoms with Crippen molar-refractivity contribution in [3.63, 3.8) is 0 Å². The Morgan fingerprint density at radius 1 is 0.875 bits per heavy atom. The zero-order valence-electron chi connectivity index (χ0n) is 8.41. The van der Waals surface area contributed by atoms with Crippen molar-refractivity contribution in [1.29, 1.82) is 0 Å². The van der Waals surface area contributed by atoms with E-state index >= 15 is 0 Å². The zero-order chi connectivity index (χ0) is 10.8. The van der Waals surface area contributed by atoms with Gasteiger partial charge in [-0.25, -0.2) is 4.98 Å². The van der Waals surface area contributed by atoms with Crippen LogP contribution in [0.5, 0.6) is 0 Å². The smallest absolute Gasteiger partial charge is 0.200 e. The monoisotopic (exact) mass is 208 g/mol. The Morgan fingerprint density at radius 3 is 2.56 bits per heavy atom. The third-order valence-corrected chi connectivity index (χ3v) is 2.34. The van der Waals surface area contributed by atoms with Gasteiger partial charge in [0.05, 0.1) is 6.20 Å². The van der Waals surface area contributed by atoms with E-state index in [0.29, 0.717) is 5.82 Å². The first kappa shape index (κ1) is 8.91. The van der Waals surface area contributed by atoms with Crippen LogP contribution in [0.15, 0.2) is 48.9 Å². The molecule has 4 heteroatoms. The molecule has 0 spiro atoms. The molecule has 0 bridgehead atoms. The normalized spacial score (nSPS) is 10.5. The fraction of sp³-hybridized carbons (Fsp3) is 0. The highest BCUT2D eigenvalue weighted by molar-refractivity contribution is 5.84. The number of hydrogen-bond donors (Lipinski definition) is 0. The van der Waals surface area contributed by atoms with Crippen LogP contribution in [-0.4, -0.2) is 20.2 Å². The Labute approximate surface area is 92.0 Å². The summed E-state index contributed by atoms with van der Waals surface area (Å²) in [6.07, 6.45) is 4.98. The maximum Gasteiger partial charge on any atom is 0.200 e. The van der Waals surface area contributed by atoms with Crippen molar-refractivity contribution < 1.29 is 0 Å². The molecular formula is C12H8N4. The van der Waals surface area contributed by atoms with Gasteiger partial charge in [0.1, 0.15) is 5.69 Å². The number of nitrogens with zero attached hydrogens (tertiary/aromatic N) is 4. The van der Waals surface area contributed by atoms with Gasteiger partial charge >= 0.3 is 0 Å². The molecule has 0 atom stereocenters. The van der Waals surface area contributed by atoms with E-state index in [-0.39, 0.29) is 0 Å². The van der Waals surface area contributed by atoms with Crippen molar-refractivity contribution in [2.75, 3.05) is 0 Å². The van der Waals surface area contributed by atoms with E-state index in [0.717, 1.165) is 16.5 Å². The van der Waals surface area contributed by atoms with Crippen LogP contribution in [0.1, 0.15) is 0 Å². The molecule has 3 aromatic rings. The van der Waals surface area contributed by atoms with Crippen LogP contribution in [0.2, 0.25) is 0 Å². The van der Waals surface area contributed by atoms with E-state index in [9.17, 15) is 0 Å². The van der Waals surface area contributed by atoms with E-state index in [2.05, 4.69) is 20.2 Å². The Hall–Kier alpha value is -2.36. The molecule has 0 aliphatic rings. The molecule has 0 saturated carbocycles. The predicted octanol–water partition coefficient (Wildman–Crippen LogP) is 2.09. The van der Waals surface area contributed by atoms with Crippen molar-refractivity contribution >= 4 is 10.8 Å². The van der Waals surface area contributed by atoms with E-state index in [1.165, 1.54) is 0 Å². The van der Waals surface area contributed by atoms with Gasteiger partial charge in [-0.2, -0.15) is 5.10 Å². The Morgan fingerprint density at radius 2 is 1.75 bits per heavy atom. The highest BCUT2D eigenvalue weighted by Crippen LogP contribution is 2.17. The maximum atomic E-state index is 4.31. The topological polar surface area (TPSA) is 51.6 Å². The van der Waals surface area contributed by atoms with Crippen LogP contribution in [0.25, 0.3) is 22.3 Å². The molecule has 0 aliphatic heterocycles. The summed E-state index contributed by atoms with van der Waals surface area (Å²) in [5, 5.41) is 9.95. The first-order valence-electron chi connectivity index (χ1n) is 4.92. The van der Waals surface area contributed by atoms with Crippen molar-refractivity contribution in [3.05, 3.63) is 48.9 Å². The minimum absolute atomic E-state index is 0.549. The summed E-state index contributed by atoms with van der Waals surface area (Å²) in [7, 11) is 0. The Bertz CT molecular complexity index is 622. The van der Waals surface area contributed by atoms with Crippen LogP contribution in [0, 0.1) is 0 Å². The minimum Gasteiger partial charge on any atom is -0.252 e. The highest BCUT2D eigenvalue weighted by atomic mass is 15.1. The minimum atomic E-state index is 0.549. The fourth-order valence-corrected chi connectivity index (χ4v) is 1.57. The number of pyridine rings is 1. The van der Waals surface area contributed by atoms with Crippen LogP contribution in [0.4, 0.5) is 0 Å². The van der Waals surface area contributed by atoms with Gasteiger partial charge in [0.25, 0.3) is 0 Å². The second-order valence-electron chi connectivity index (χ2n) is 3.38. The molecule has 4 nitrogen and oxygen atoms in total. The predicted molar refractivity (Wildman–Crippen MR) is 60.6 cm³/mol. The third kappa shape index (κ3) is 1.50. The molecule has 3 rings (SSSR count). The summed E-state index contributed by atoms with van der Waals surface area (Å²) < 4.78 is 0. The van der Waals surface area contributed by atoms with Gasteiger partial charge in [0, 0.05) is 17.8 Å². The number of fused-ring (bicyclic) bond motifs is 1. The maximum absolute atomic E-state index is 4.31. The number of benzene rings is 1. The molecule has 0 aliphatic carbocycles. The Balaban J connectivity index is 2.19. The van der Waals surface area contributed by atoms with E-state index in [1.807, 2.05) is 36.5 Å². The van der Waals surface area contributed by atoms with Crippen molar-refractivity contribution in [3.8, 4) is 11.5 Å². The molecule has 76 valence electrons. The molecule has 0 radical (unpaired) electrons. The van der Waals surface area contributed by atoms with Gasteiger partial charge in [-0.15, -0.1) is 5.10 Å². The lowest BCUT2D eigenvalue weighted by atomic mass is 10.1. The molecule has 0 unspecified atom stereocenters. The van der Waals surface area contributed by atoms with E-state index < -0.39 is 0 Å². The first-order chi connectivity index (χ1) is 7.93. The van der Waals surface area contributed by atoms with Crippen molar-refractivity contribution in [2.24, 2.45) is 0 Å². The number of rotatable bonds is 1. The average molecular weight is 208 g/mol. The van der Waals surface area contributed by atoms with Gasteiger partial charge in [-0.3, -0.25) is 4.98 Å². The molecular weight excluding hydrogens is 200 g/mol. The van der Waals surface area contributed by atoms with Gasteiger partial charge in [0.2, 0.25) is 0 Å². The third-order valence-electron chi connectivity index (χ3n) is 2.34. The summed E-state index contributed by atoms with van der Waals surface area (Å²) in [6, 6.07) is 10.0. The average Bonchev–Trinajstić information content (AvgIpc) is 2.39. The van der Waals surface area contributed by atoms with Crippen LogP contribution in [-0.2, 0) is 0 Å². The second-order valence-corrected chi connectivity index (χ2v) is 3.38. The van der Waals surface area contributed by atoms with Crippen molar-refractivity contribution in [2.45, 2.75) is 0 Å². The molecule has 0 saturated heterocycles. The molecule has 1 aromatic carbocycles. The summed E-state index contributed by atoms with van der Waals surface area (Å²) in [5.41, 5.74) is 0.742. The first-order valence-corrected chi connectivity index (χ1v) is 4.92. The molecule has 2 aromatic heterocycles. The summed E-state index contributed by atoms with van der Waals surface area (Å²) in [4.78, 5) is 8.43. The van der Waals surface area contributed by atoms with Crippen LogP contribution < -0.4 is 0 Å². The van der Waals surface area contributed by atoms with Gasteiger partial charge in [0.15, 0.2) is 5.82 Å². The lowest BCUT2D eigenvalue weighted by Crippen LogP contribution is -1.92. The fourth-order valence-electron chi connectivity index (χ4n) is 1.57. The second kappa shape index (κ2) is 3.66. The van der Waals surface area contributed by atoms with E-state index in [4.69, 9.17) is 0 Å². The molecule has 0 N–H and O–H groups in total. The standard InChI is InChI=1S/C12H8N4/c1-2-4-10-8-14-11(7-9(10)3-1)12-13-5-6-15-16-12/h1-8H. The van der Waals surface area contributed by atoms with Gasteiger partial charge in [-0.05, 0) is 11.5 Å². The highest BCUT2D eigenvalue weighted by Gasteiger charge is 2.03. The summed E-state index contributed by atoms with van der Waals surface area (Å²) >= 11 is 0. The molecule has 2 heterocycles. The zero-order valence-corrected chi connectivity index (χ0v) is 8.41. The molecule has 0 amide bonds. The van der Waals surface area contributed by atoms with Gasteiger partial charge in [-0.1, -0.05) is 24.3 Å². The number of hydrogen-bond acceptors (Lipinski definition) is 4. The lowest BCUT2D eigenvalue weighted by Gasteiger charge is -2.00. The molecule has 16 heavy (non-hydrogen) atoms. The summed E-state index contributed by atoms with van der Waals surface area (Å²) in [5.74, 6) is 0.549. The Kier molecular flexibility index (Phi) is 2.04. The van der Waals surface area contributed by atoms with Crippen LogP contribution in [0.3, 0.4) is 0 Å². The molecule has 0 fully saturated rings. The van der Waals surface area contributed by atoms with Crippen LogP contribution >= 0.6 is 0 Å². The summed E-state index contributed by atoms with van der Waals surface area (Å²) in [6.45, 7) is 0. The largest absolute Gasteiger partial charge is 0.252 e. The SMILES string of the molecule is c1ccc2cc(-c3nccnn3)ncc2c1.